The Kier molecular flexibility index (Phi) is 8.04. The molecule has 0 amide bonds. The molecule has 2 N–H and O–H groups in total. The van der Waals surface area contributed by atoms with Crippen molar-refractivity contribution in [3.63, 3.8) is 0 Å². The molecule has 0 aliphatic carbocycles. The van der Waals surface area contributed by atoms with Gasteiger partial charge in [0.25, 0.3) is 0 Å². The summed E-state index contributed by atoms with van der Waals surface area (Å²) in [5.41, 5.74) is 10.3. The highest BCUT2D eigenvalue weighted by Gasteiger charge is 2.33. The Labute approximate surface area is 206 Å². The van der Waals surface area contributed by atoms with Gasteiger partial charge in [-0.2, -0.15) is 0 Å². The fourth-order valence-corrected chi connectivity index (χ4v) is 5.81. The van der Waals surface area contributed by atoms with E-state index in [2.05, 4.69) is 50.0 Å². The van der Waals surface area contributed by atoms with E-state index in [1.165, 1.54) is 24.8 Å². The number of benzene rings is 3. The average molecular weight is 480 g/mol. The van der Waals surface area contributed by atoms with Crippen LogP contribution >= 0.6 is 11.8 Å². The van der Waals surface area contributed by atoms with E-state index < -0.39 is 0 Å². The van der Waals surface area contributed by atoms with Gasteiger partial charge >= 0.3 is 0 Å². The van der Waals surface area contributed by atoms with Gasteiger partial charge in [0.05, 0.1) is 10.1 Å². The maximum atomic E-state index is 12.8. The molecule has 0 saturated heterocycles. The number of thioether (sulfide) groups is 1. The Morgan fingerprint density at radius 1 is 0.971 bits per heavy atom. The molecular formula is C29H34FNO2S. The van der Waals surface area contributed by atoms with Crippen LogP contribution in [0.4, 0.5) is 10.2 Å². The molecule has 3 aromatic rings. The van der Waals surface area contributed by atoms with Crippen molar-refractivity contribution < 1.29 is 14.2 Å². The van der Waals surface area contributed by atoms with Crippen LogP contribution in [-0.2, 0) is 6.42 Å². The SMILES string of the molecule is CC[C@H](CCC(C)C)Cc1ccc(C2Oc3ccc(OF)cc3SC2c2ccc(N)cc2)cc1. The third-order valence-corrected chi connectivity index (χ3v) is 7.96. The topological polar surface area (TPSA) is 44.5 Å². The summed E-state index contributed by atoms with van der Waals surface area (Å²) < 4.78 is 19.3. The third-order valence-electron chi connectivity index (χ3n) is 6.61. The van der Waals surface area contributed by atoms with Gasteiger partial charge < -0.3 is 10.5 Å². The molecule has 0 fully saturated rings. The second-order valence-electron chi connectivity index (χ2n) is 9.62. The second kappa shape index (κ2) is 11.2. The highest BCUT2D eigenvalue weighted by molar-refractivity contribution is 7.99. The maximum Gasteiger partial charge on any atom is 0.173 e. The Morgan fingerprint density at radius 3 is 2.32 bits per heavy atom. The number of fused-ring (bicyclic) bond motifs is 1. The number of nitrogens with two attached hydrogens (primary N) is 1. The Morgan fingerprint density at radius 2 is 1.68 bits per heavy atom. The van der Waals surface area contributed by atoms with Crippen molar-refractivity contribution in [2.45, 2.75) is 62.7 Å². The zero-order valence-corrected chi connectivity index (χ0v) is 21.0. The normalized spacial score (nSPS) is 18.3. The van der Waals surface area contributed by atoms with Gasteiger partial charge in [-0.05, 0) is 65.6 Å². The fourth-order valence-electron chi connectivity index (χ4n) is 4.49. The van der Waals surface area contributed by atoms with Crippen molar-refractivity contribution in [1.82, 2.24) is 0 Å². The highest BCUT2D eigenvalue weighted by Crippen LogP contribution is 2.54. The van der Waals surface area contributed by atoms with Crippen LogP contribution in [-0.4, -0.2) is 0 Å². The summed E-state index contributed by atoms with van der Waals surface area (Å²) in [6.07, 6.45) is 4.70. The van der Waals surface area contributed by atoms with E-state index in [0.717, 1.165) is 45.7 Å². The first kappa shape index (κ1) is 24.5. The summed E-state index contributed by atoms with van der Waals surface area (Å²) in [5.74, 6) is 2.39. The van der Waals surface area contributed by atoms with Crippen molar-refractivity contribution >= 4 is 17.4 Å². The van der Waals surface area contributed by atoms with E-state index in [9.17, 15) is 4.53 Å². The van der Waals surface area contributed by atoms with Crippen LogP contribution in [0, 0.1) is 11.8 Å². The molecule has 2 unspecified atom stereocenters. The van der Waals surface area contributed by atoms with Crippen LogP contribution in [0.25, 0.3) is 0 Å². The first-order valence-corrected chi connectivity index (χ1v) is 13.0. The predicted molar refractivity (Wildman–Crippen MR) is 139 cm³/mol. The highest BCUT2D eigenvalue weighted by atomic mass is 32.2. The van der Waals surface area contributed by atoms with Gasteiger partial charge in [0.2, 0.25) is 0 Å². The minimum absolute atomic E-state index is 0.00300. The van der Waals surface area contributed by atoms with E-state index in [1.54, 1.807) is 30.0 Å². The molecule has 180 valence electrons. The van der Waals surface area contributed by atoms with E-state index >= 15 is 0 Å². The zero-order chi connectivity index (χ0) is 24.1. The second-order valence-corrected chi connectivity index (χ2v) is 10.8. The molecular weight excluding hydrogens is 445 g/mol. The van der Waals surface area contributed by atoms with E-state index in [-0.39, 0.29) is 17.1 Å². The molecule has 0 radical (unpaired) electrons. The molecule has 34 heavy (non-hydrogen) atoms. The molecule has 5 heteroatoms. The van der Waals surface area contributed by atoms with Gasteiger partial charge in [-0.1, -0.05) is 70.0 Å². The fraction of sp³-hybridized carbons (Fsp3) is 0.379. The Hall–Kier alpha value is -2.66. The van der Waals surface area contributed by atoms with E-state index in [4.69, 9.17) is 10.5 Å². The van der Waals surface area contributed by atoms with Gasteiger partial charge in [-0.15, -0.1) is 11.8 Å². The monoisotopic (exact) mass is 479 g/mol. The van der Waals surface area contributed by atoms with Gasteiger partial charge in [0.15, 0.2) is 5.75 Å². The lowest BCUT2D eigenvalue weighted by molar-refractivity contribution is -0.00663. The number of halogens is 1. The van der Waals surface area contributed by atoms with Crippen LogP contribution in [0.15, 0.2) is 71.6 Å². The van der Waals surface area contributed by atoms with Crippen molar-refractivity contribution in [3.05, 3.63) is 83.4 Å². The molecule has 4 rings (SSSR count). The van der Waals surface area contributed by atoms with E-state index in [0.29, 0.717) is 0 Å². The molecule has 1 heterocycles. The molecule has 3 nitrogen and oxygen atoms in total. The summed E-state index contributed by atoms with van der Waals surface area (Å²) >= 11 is 1.66. The number of anilines is 1. The molecule has 0 bridgehead atoms. The molecule has 0 spiro atoms. The number of ether oxygens (including phenoxy) is 1. The molecule has 0 saturated carbocycles. The van der Waals surface area contributed by atoms with Crippen molar-refractivity contribution in [2.75, 3.05) is 5.73 Å². The Bertz CT molecular complexity index is 1070. The summed E-state index contributed by atoms with van der Waals surface area (Å²) in [5, 5.41) is 0.00300. The van der Waals surface area contributed by atoms with Gasteiger partial charge in [0, 0.05) is 16.3 Å². The zero-order valence-electron chi connectivity index (χ0n) is 20.2. The van der Waals surface area contributed by atoms with Crippen LogP contribution in [0.1, 0.15) is 68.1 Å². The van der Waals surface area contributed by atoms with Crippen LogP contribution in [0.5, 0.6) is 11.5 Å². The standard InChI is InChI=1S/C29H34FNO2S/c1-4-20(6-5-19(2)3)17-21-7-9-22(10-8-21)28-29(23-11-13-24(31)14-12-23)34-27-18-25(33-30)15-16-26(27)32-28/h7-16,18-20,28-29H,4-6,17,31H2,1-3H3/t20-,28?,29?/m1/s1. The van der Waals surface area contributed by atoms with Crippen LogP contribution in [0.2, 0.25) is 0 Å². The molecule has 1 aliphatic rings. The molecule has 3 atom stereocenters. The minimum Gasteiger partial charge on any atom is -0.483 e. The largest absolute Gasteiger partial charge is 0.483 e. The summed E-state index contributed by atoms with van der Waals surface area (Å²) in [6.45, 7) is 6.88. The van der Waals surface area contributed by atoms with Crippen molar-refractivity contribution in [2.24, 2.45) is 11.8 Å². The van der Waals surface area contributed by atoms with Crippen molar-refractivity contribution in [1.29, 1.82) is 0 Å². The van der Waals surface area contributed by atoms with Gasteiger partial charge in [-0.3, -0.25) is 4.94 Å². The summed E-state index contributed by atoms with van der Waals surface area (Å²) in [6, 6.07) is 21.8. The molecule has 1 aliphatic heterocycles. The molecule has 3 aromatic carbocycles. The van der Waals surface area contributed by atoms with Gasteiger partial charge in [0.1, 0.15) is 11.9 Å². The third kappa shape index (κ3) is 5.87. The van der Waals surface area contributed by atoms with Crippen molar-refractivity contribution in [3.8, 4) is 11.5 Å². The first-order chi connectivity index (χ1) is 16.5. The average Bonchev–Trinajstić information content (AvgIpc) is 2.86. The number of hydrogen-bond acceptors (Lipinski definition) is 4. The lowest BCUT2D eigenvalue weighted by Gasteiger charge is -2.34. The predicted octanol–water partition coefficient (Wildman–Crippen LogP) is 8.50. The lowest BCUT2D eigenvalue weighted by atomic mass is 9.89. The van der Waals surface area contributed by atoms with Crippen LogP contribution < -0.4 is 15.4 Å². The Balaban J connectivity index is 1.58. The number of nitrogen functional groups attached to an aromatic ring is 1. The maximum absolute atomic E-state index is 12.8. The first-order valence-electron chi connectivity index (χ1n) is 12.2. The number of hydrogen-bond donors (Lipinski definition) is 1. The number of rotatable bonds is 9. The lowest BCUT2D eigenvalue weighted by Crippen LogP contribution is -2.19. The quantitative estimate of drug-likeness (QED) is 0.312. The minimum atomic E-state index is -0.171. The summed E-state index contributed by atoms with van der Waals surface area (Å²) in [4.78, 5) is 4.81. The molecule has 0 aromatic heterocycles. The smallest absolute Gasteiger partial charge is 0.173 e. The van der Waals surface area contributed by atoms with Gasteiger partial charge in [-0.25, -0.2) is 0 Å². The van der Waals surface area contributed by atoms with Crippen LogP contribution in [0.3, 0.4) is 0 Å². The summed E-state index contributed by atoms with van der Waals surface area (Å²) in [7, 11) is 0. The van der Waals surface area contributed by atoms with E-state index in [1.807, 2.05) is 24.3 Å².